The Kier molecular flexibility index (Phi) is 6.60. The topological polar surface area (TPSA) is 68.2 Å². The molecule has 32 heavy (non-hydrogen) atoms. The van der Waals surface area contributed by atoms with Crippen molar-refractivity contribution in [1.82, 2.24) is 10.3 Å². The van der Waals surface area contributed by atoms with Crippen LogP contribution < -0.4 is 14.6 Å². The number of ether oxygens (including phenoxy) is 1. The second-order valence-electron chi connectivity index (χ2n) is 7.47. The van der Waals surface area contributed by atoms with Crippen LogP contribution in [0.1, 0.15) is 29.3 Å². The van der Waals surface area contributed by atoms with Gasteiger partial charge in [0.1, 0.15) is 5.75 Å². The first-order valence-corrected chi connectivity index (χ1v) is 10.6. The van der Waals surface area contributed by atoms with E-state index in [0.29, 0.717) is 30.3 Å². The smallest absolute Gasteiger partial charge is 0.251 e. The highest BCUT2D eigenvalue weighted by molar-refractivity contribution is 5.94. The van der Waals surface area contributed by atoms with Gasteiger partial charge in [0.05, 0.1) is 13.3 Å². The molecule has 6 nitrogen and oxygen atoms in total. The molecule has 2 heterocycles. The van der Waals surface area contributed by atoms with E-state index < -0.39 is 0 Å². The lowest BCUT2D eigenvalue weighted by Crippen LogP contribution is -2.33. The van der Waals surface area contributed by atoms with E-state index in [2.05, 4.69) is 14.9 Å². The summed E-state index contributed by atoms with van der Waals surface area (Å²) < 4.78 is 13.2. The van der Waals surface area contributed by atoms with Crippen LogP contribution in [-0.2, 0) is 6.54 Å². The van der Waals surface area contributed by atoms with Crippen LogP contribution in [0.4, 0.5) is 0 Å². The molecule has 4 aromatic rings. The summed E-state index contributed by atoms with van der Waals surface area (Å²) in [4.78, 5) is 16.5. The van der Waals surface area contributed by atoms with Crippen molar-refractivity contribution in [3.63, 3.8) is 0 Å². The lowest BCUT2D eigenvalue weighted by molar-refractivity contribution is -0.688. The van der Waals surface area contributed by atoms with Crippen LogP contribution >= 0.6 is 0 Å². The van der Waals surface area contributed by atoms with Crippen molar-refractivity contribution in [3.05, 3.63) is 90.4 Å². The maximum atomic E-state index is 12.0. The molecule has 0 aliphatic rings. The third kappa shape index (κ3) is 5.03. The number of nitrogens with one attached hydrogen (secondary N) is 1. The predicted molar refractivity (Wildman–Crippen MR) is 122 cm³/mol. The van der Waals surface area contributed by atoms with Gasteiger partial charge in [-0.3, -0.25) is 4.79 Å². The predicted octanol–water partition coefficient (Wildman–Crippen LogP) is 4.49. The monoisotopic (exact) mass is 428 g/mol. The van der Waals surface area contributed by atoms with Gasteiger partial charge in [-0.05, 0) is 42.8 Å². The Morgan fingerprint density at radius 3 is 2.38 bits per heavy atom. The van der Waals surface area contributed by atoms with E-state index in [0.717, 1.165) is 28.9 Å². The molecule has 4 rings (SSSR count). The van der Waals surface area contributed by atoms with Gasteiger partial charge in [-0.1, -0.05) is 19.1 Å². The van der Waals surface area contributed by atoms with Crippen LogP contribution in [0.2, 0.25) is 0 Å². The fourth-order valence-corrected chi connectivity index (χ4v) is 3.31. The summed E-state index contributed by atoms with van der Waals surface area (Å²) >= 11 is 0. The molecule has 1 N–H and O–H groups in total. The molecule has 1 amide bonds. The van der Waals surface area contributed by atoms with Gasteiger partial charge in [-0.25, -0.2) is 9.55 Å². The number of aromatic nitrogens is 2. The quantitative estimate of drug-likeness (QED) is 0.420. The summed E-state index contributed by atoms with van der Waals surface area (Å²) in [5.41, 5.74) is 3.65. The van der Waals surface area contributed by atoms with Gasteiger partial charge in [-0.2, -0.15) is 0 Å². The third-order valence-corrected chi connectivity index (χ3v) is 5.14. The summed E-state index contributed by atoms with van der Waals surface area (Å²) in [6.07, 6.45) is 6.64. The number of nitrogens with zero attached hydrogens (tertiary/aromatic N) is 2. The molecule has 0 bridgehead atoms. The SMILES string of the molecule is CCCNC(=O)c1ccc(C[n+]2ccc(-c3ncc(-c4ccc(OC)cc4)o3)cc2)cc1. The van der Waals surface area contributed by atoms with E-state index in [1.807, 2.05) is 80.0 Å². The molecule has 162 valence electrons. The highest BCUT2D eigenvalue weighted by Gasteiger charge is 2.11. The zero-order valence-electron chi connectivity index (χ0n) is 18.2. The van der Waals surface area contributed by atoms with Crippen LogP contribution in [0, 0.1) is 0 Å². The summed E-state index contributed by atoms with van der Waals surface area (Å²) in [6.45, 7) is 3.43. The lowest BCUT2D eigenvalue weighted by atomic mass is 10.1. The number of methoxy groups -OCH3 is 1. The summed E-state index contributed by atoms with van der Waals surface area (Å²) in [5, 5.41) is 2.89. The average Bonchev–Trinajstić information content (AvgIpc) is 3.34. The molecule has 2 aromatic heterocycles. The van der Waals surface area contributed by atoms with Gasteiger partial charge in [-0.15, -0.1) is 0 Å². The van der Waals surface area contributed by atoms with E-state index in [-0.39, 0.29) is 5.91 Å². The van der Waals surface area contributed by atoms with Gasteiger partial charge in [0.15, 0.2) is 24.7 Å². The summed E-state index contributed by atoms with van der Waals surface area (Å²) in [7, 11) is 1.64. The number of rotatable bonds is 8. The molecular weight excluding hydrogens is 402 g/mol. The molecule has 0 radical (unpaired) electrons. The fourth-order valence-electron chi connectivity index (χ4n) is 3.31. The zero-order chi connectivity index (χ0) is 22.3. The number of pyridine rings is 1. The molecule has 0 unspecified atom stereocenters. The first-order chi connectivity index (χ1) is 15.7. The Labute approximate surface area is 187 Å². The normalized spacial score (nSPS) is 10.7. The minimum absolute atomic E-state index is 0.0321. The Balaban J connectivity index is 1.41. The number of benzene rings is 2. The third-order valence-electron chi connectivity index (χ3n) is 5.14. The largest absolute Gasteiger partial charge is 0.497 e. The zero-order valence-corrected chi connectivity index (χ0v) is 18.2. The van der Waals surface area contributed by atoms with Crippen LogP contribution in [-0.4, -0.2) is 24.5 Å². The van der Waals surface area contributed by atoms with Gasteiger partial charge in [0.2, 0.25) is 5.89 Å². The number of hydrogen-bond acceptors (Lipinski definition) is 4. The first-order valence-electron chi connectivity index (χ1n) is 10.6. The number of hydrogen-bond donors (Lipinski definition) is 1. The molecule has 2 aromatic carbocycles. The van der Waals surface area contributed by atoms with E-state index >= 15 is 0 Å². The highest BCUT2D eigenvalue weighted by Crippen LogP contribution is 2.26. The van der Waals surface area contributed by atoms with E-state index in [4.69, 9.17) is 9.15 Å². The molecule has 0 spiro atoms. The lowest BCUT2D eigenvalue weighted by Gasteiger charge is -2.04. The summed E-state index contributed by atoms with van der Waals surface area (Å²) in [6, 6.07) is 19.3. The number of oxazole rings is 1. The van der Waals surface area contributed by atoms with E-state index in [1.165, 1.54) is 0 Å². The maximum Gasteiger partial charge on any atom is 0.251 e. The molecule has 0 aliphatic carbocycles. The number of carbonyl (C=O) groups excluding carboxylic acids is 1. The van der Waals surface area contributed by atoms with Crippen molar-refractivity contribution in [2.75, 3.05) is 13.7 Å². The maximum absolute atomic E-state index is 12.0. The second-order valence-corrected chi connectivity index (χ2v) is 7.47. The molecule has 0 fully saturated rings. The molecule has 6 heteroatoms. The van der Waals surface area contributed by atoms with Gasteiger partial charge in [0, 0.05) is 40.9 Å². The Morgan fingerprint density at radius 2 is 1.72 bits per heavy atom. The van der Waals surface area contributed by atoms with Crippen molar-refractivity contribution in [2.45, 2.75) is 19.9 Å². The molecule has 0 aliphatic heterocycles. The van der Waals surface area contributed by atoms with Gasteiger partial charge in [0.25, 0.3) is 5.91 Å². The Bertz CT molecular complexity index is 1160. The number of amides is 1. The fraction of sp³-hybridized carbons (Fsp3) is 0.192. The van der Waals surface area contributed by atoms with Crippen molar-refractivity contribution in [1.29, 1.82) is 0 Å². The average molecular weight is 429 g/mol. The van der Waals surface area contributed by atoms with Crippen molar-refractivity contribution in [3.8, 4) is 28.5 Å². The highest BCUT2D eigenvalue weighted by atomic mass is 16.5. The summed E-state index contributed by atoms with van der Waals surface area (Å²) in [5.74, 6) is 2.05. The van der Waals surface area contributed by atoms with Crippen molar-refractivity contribution < 1.29 is 18.5 Å². The van der Waals surface area contributed by atoms with Crippen molar-refractivity contribution >= 4 is 5.91 Å². The first kappa shape index (κ1) is 21.3. The second kappa shape index (κ2) is 9.92. The molecule has 0 saturated heterocycles. The van der Waals surface area contributed by atoms with Crippen molar-refractivity contribution in [2.24, 2.45) is 0 Å². The Morgan fingerprint density at radius 1 is 1.00 bits per heavy atom. The molecular formula is C26H26N3O3+. The standard InChI is InChI=1S/C26H25N3O3/c1-3-14-27-25(30)21-6-4-19(5-7-21)18-29-15-12-22(13-16-29)26-28-17-24(32-26)20-8-10-23(31-2)11-9-20/h4-13,15-17H,3,14,18H2,1-2H3/p+1. The van der Waals surface area contributed by atoms with Crippen LogP contribution in [0.3, 0.4) is 0 Å². The number of carbonyl (C=O) groups is 1. The van der Waals surface area contributed by atoms with Gasteiger partial charge < -0.3 is 14.5 Å². The van der Waals surface area contributed by atoms with Crippen LogP contribution in [0.25, 0.3) is 22.8 Å². The van der Waals surface area contributed by atoms with Gasteiger partial charge >= 0.3 is 0 Å². The van der Waals surface area contributed by atoms with Crippen LogP contribution in [0.15, 0.2) is 83.7 Å². The minimum Gasteiger partial charge on any atom is -0.497 e. The molecule has 0 saturated carbocycles. The Hall–Kier alpha value is -3.93. The van der Waals surface area contributed by atoms with E-state index in [9.17, 15) is 4.79 Å². The minimum atomic E-state index is -0.0321. The molecule has 0 atom stereocenters. The van der Waals surface area contributed by atoms with E-state index in [1.54, 1.807) is 13.3 Å². The van der Waals surface area contributed by atoms with Crippen LogP contribution in [0.5, 0.6) is 5.75 Å².